The molecular weight excluding hydrogens is 493 g/mol. The zero-order valence-corrected chi connectivity index (χ0v) is 20.5. The van der Waals surface area contributed by atoms with Gasteiger partial charge in [-0.1, -0.05) is 43.0 Å². The number of aryl methyl sites for hydroxylation is 1. The van der Waals surface area contributed by atoms with E-state index < -0.39 is 17.8 Å². The molecular formula is C25H21F3N4OS2. The normalized spacial score (nSPS) is 16.6. The van der Waals surface area contributed by atoms with Crippen molar-refractivity contribution in [3.8, 4) is 17.3 Å². The van der Waals surface area contributed by atoms with Crippen molar-refractivity contribution in [3.05, 3.63) is 57.1 Å². The lowest BCUT2D eigenvalue weighted by molar-refractivity contribution is -0.142. The number of nitrogens with zero attached hydrogens (tertiary/aromatic N) is 3. The van der Waals surface area contributed by atoms with Crippen molar-refractivity contribution < 1.29 is 18.0 Å². The summed E-state index contributed by atoms with van der Waals surface area (Å²) in [5.74, 6) is -0.0453. The highest BCUT2D eigenvalue weighted by Gasteiger charge is 2.39. The molecule has 0 fully saturated rings. The third-order valence-corrected chi connectivity index (χ3v) is 8.40. The van der Waals surface area contributed by atoms with Crippen molar-refractivity contribution in [1.29, 1.82) is 5.26 Å². The maximum Gasteiger partial charge on any atom is 0.433 e. The molecule has 2 aliphatic rings. The van der Waals surface area contributed by atoms with Gasteiger partial charge in [-0.15, -0.1) is 11.3 Å². The Bertz CT molecular complexity index is 1360. The van der Waals surface area contributed by atoms with Gasteiger partial charge in [0.15, 0.2) is 10.9 Å². The van der Waals surface area contributed by atoms with Crippen LogP contribution in [-0.2, 0) is 36.7 Å². The lowest BCUT2D eigenvalue weighted by atomic mass is 9.88. The van der Waals surface area contributed by atoms with E-state index in [1.54, 1.807) is 12.1 Å². The molecule has 5 nitrogen and oxygen atoms in total. The average molecular weight is 515 g/mol. The summed E-state index contributed by atoms with van der Waals surface area (Å²) >= 11 is 2.27. The standard InChI is InChI=1S/C25H21F3N4OS2/c1-13-6-8-16-18(11-29)23(35-19(16)10-13)30-20(33)12-34-24-31-21-15-5-3-2-4-14(15)7-9-17(21)22(32-24)25(26,27)28/h2-5,13H,6-10,12H2,1H3,(H,30,33). The topological polar surface area (TPSA) is 78.7 Å². The van der Waals surface area contributed by atoms with Crippen LogP contribution in [0, 0.1) is 17.2 Å². The molecule has 3 aromatic rings. The van der Waals surface area contributed by atoms with Crippen LogP contribution in [0.3, 0.4) is 0 Å². The minimum atomic E-state index is -4.62. The summed E-state index contributed by atoms with van der Waals surface area (Å²) in [5.41, 5.74) is 2.56. The molecule has 0 saturated carbocycles. The van der Waals surface area contributed by atoms with Gasteiger partial charge in [0.05, 0.1) is 17.0 Å². The van der Waals surface area contributed by atoms with Crippen LogP contribution in [0.4, 0.5) is 18.2 Å². The third-order valence-electron chi connectivity index (χ3n) is 6.38. The molecule has 0 radical (unpaired) electrons. The van der Waals surface area contributed by atoms with E-state index in [0.717, 1.165) is 47.0 Å². The first-order valence-electron chi connectivity index (χ1n) is 11.3. The Balaban J connectivity index is 1.38. The number of nitriles is 1. The maximum atomic E-state index is 13.8. The lowest BCUT2D eigenvalue weighted by Crippen LogP contribution is -2.19. The van der Waals surface area contributed by atoms with E-state index in [9.17, 15) is 23.2 Å². The maximum absolute atomic E-state index is 13.8. The zero-order chi connectivity index (χ0) is 24.7. The minimum absolute atomic E-state index is 0.0947. The van der Waals surface area contributed by atoms with Gasteiger partial charge in [0, 0.05) is 16.0 Å². The van der Waals surface area contributed by atoms with E-state index in [2.05, 4.69) is 28.3 Å². The molecule has 0 spiro atoms. The molecule has 10 heteroatoms. The van der Waals surface area contributed by atoms with Gasteiger partial charge in [0.1, 0.15) is 11.1 Å². The van der Waals surface area contributed by atoms with Crippen molar-refractivity contribution in [1.82, 2.24) is 9.97 Å². The van der Waals surface area contributed by atoms with Crippen molar-refractivity contribution >= 4 is 34.0 Å². The second-order valence-electron chi connectivity index (χ2n) is 8.84. The molecule has 1 aromatic carbocycles. The van der Waals surface area contributed by atoms with Crippen LogP contribution >= 0.6 is 23.1 Å². The number of rotatable bonds is 4. The number of halogens is 3. The molecule has 1 amide bonds. The van der Waals surface area contributed by atoms with Gasteiger partial charge in [0.2, 0.25) is 5.91 Å². The number of alkyl halides is 3. The molecule has 2 aromatic heterocycles. The van der Waals surface area contributed by atoms with Crippen LogP contribution < -0.4 is 5.32 Å². The quantitative estimate of drug-likeness (QED) is 0.339. The Morgan fingerprint density at radius 2 is 2.03 bits per heavy atom. The van der Waals surface area contributed by atoms with Crippen LogP contribution in [0.1, 0.15) is 46.2 Å². The largest absolute Gasteiger partial charge is 0.433 e. The minimum Gasteiger partial charge on any atom is -0.316 e. The number of thiophene rings is 1. The number of thioether (sulfide) groups is 1. The Labute approximate surface area is 208 Å². The van der Waals surface area contributed by atoms with E-state index in [1.807, 2.05) is 12.1 Å². The highest BCUT2D eigenvalue weighted by molar-refractivity contribution is 7.99. The number of benzene rings is 1. The molecule has 180 valence electrons. The monoisotopic (exact) mass is 514 g/mol. The first-order chi connectivity index (χ1) is 16.7. The molecule has 5 rings (SSSR count). The van der Waals surface area contributed by atoms with E-state index in [-0.39, 0.29) is 28.6 Å². The molecule has 1 atom stereocenters. The number of anilines is 1. The zero-order valence-electron chi connectivity index (χ0n) is 18.8. The van der Waals surface area contributed by atoms with Crippen LogP contribution in [0.25, 0.3) is 11.3 Å². The van der Waals surface area contributed by atoms with Gasteiger partial charge in [-0.25, -0.2) is 9.97 Å². The van der Waals surface area contributed by atoms with E-state index >= 15 is 0 Å². The van der Waals surface area contributed by atoms with Gasteiger partial charge >= 0.3 is 6.18 Å². The number of carbonyl (C=O) groups is 1. The number of hydrogen-bond donors (Lipinski definition) is 1. The molecule has 0 saturated heterocycles. The average Bonchev–Trinajstić information content (AvgIpc) is 3.17. The highest BCUT2D eigenvalue weighted by atomic mass is 32.2. The van der Waals surface area contributed by atoms with Crippen molar-refractivity contribution in [2.45, 2.75) is 50.4 Å². The highest BCUT2D eigenvalue weighted by Crippen LogP contribution is 2.41. The van der Waals surface area contributed by atoms with E-state index in [0.29, 0.717) is 28.5 Å². The van der Waals surface area contributed by atoms with Gasteiger partial charge in [-0.2, -0.15) is 18.4 Å². The number of aromatic nitrogens is 2. The fraction of sp³-hybridized carbons (Fsp3) is 0.360. The number of hydrogen-bond acceptors (Lipinski definition) is 6. The van der Waals surface area contributed by atoms with Crippen LogP contribution in [0.2, 0.25) is 0 Å². The molecule has 2 heterocycles. The summed E-state index contributed by atoms with van der Waals surface area (Å²) in [6, 6.07) is 9.49. The van der Waals surface area contributed by atoms with Crippen molar-refractivity contribution in [2.75, 3.05) is 11.1 Å². The molecule has 2 aliphatic carbocycles. The Hall–Kier alpha value is -2.90. The van der Waals surface area contributed by atoms with Crippen LogP contribution in [0.5, 0.6) is 0 Å². The van der Waals surface area contributed by atoms with Crippen molar-refractivity contribution in [3.63, 3.8) is 0 Å². The predicted molar refractivity (Wildman–Crippen MR) is 129 cm³/mol. The van der Waals surface area contributed by atoms with Crippen LogP contribution in [-0.4, -0.2) is 21.6 Å². The third kappa shape index (κ3) is 4.67. The summed E-state index contributed by atoms with van der Waals surface area (Å²) in [7, 11) is 0. The van der Waals surface area contributed by atoms with Gasteiger partial charge < -0.3 is 5.32 Å². The summed E-state index contributed by atoms with van der Waals surface area (Å²) in [4.78, 5) is 22.0. The molecule has 0 bridgehead atoms. The second kappa shape index (κ2) is 9.28. The number of fused-ring (bicyclic) bond motifs is 4. The van der Waals surface area contributed by atoms with E-state index in [4.69, 9.17) is 0 Å². The molecule has 0 aliphatic heterocycles. The van der Waals surface area contributed by atoms with Gasteiger partial charge in [-0.3, -0.25) is 4.79 Å². The number of amides is 1. The molecule has 1 unspecified atom stereocenters. The Morgan fingerprint density at radius 3 is 2.80 bits per heavy atom. The van der Waals surface area contributed by atoms with E-state index in [1.165, 1.54) is 11.3 Å². The predicted octanol–water partition coefficient (Wildman–Crippen LogP) is 6.05. The molecule has 35 heavy (non-hydrogen) atoms. The summed E-state index contributed by atoms with van der Waals surface area (Å²) < 4.78 is 41.5. The van der Waals surface area contributed by atoms with Crippen molar-refractivity contribution in [2.24, 2.45) is 5.92 Å². The van der Waals surface area contributed by atoms with Gasteiger partial charge in [0.25, 0.3) is 0 Å². The van der Waals surface area contributed by atoms with Crippen LogP contribution in [0.15, 0.2) is 29.4 Å². The fourth-order valence-electron chi connectivity index (χ4n) is 4.70. The Kier molecular flexibility index (Phi) is 6.32. The second-order valence-corrected chi connectivity index (χ2v) is 10.9. The summed E-state index contributed by atoms with van der Waals surface area (Å²) in [6.45, 7) is 2.16. The smallest absolute Gasteiger partial charge is 0.316 e. The first kappa shape index (κ1) is 23.8. The fourth-order valence-corrected chi connectivity index (χ4v) is 6.72. The number of carbonyl (C=O) groups excluding carboxylic acids is 1. The summed E-state index contributed by atoms with van der Waals surface area (Å²) in [5, 5.41) is 12.8. The summed E-state index contributed by atoms with van der Waals surface area (Å²) in [6.07, 6.45) is -1.22. The Morgan fingerprint density at radius 1 is 1.23 bits per heavy atom. The van der Waals surface area contributed by atoms with Gasteiger partial charge in [-0.05, 0) is 49.1 Å². The lowest BCUT2D eigenvalue weighted by Gasteiger charge is -2.22. The number of nitrogens with one attached hydrogen (secondary N) is 1. The SMILES string of the molecule is CC1CCc2c(sc(NC(=O)CSc3nc4c(c(C(F)(F)F)n3)CCc3ccccc3-4)c2C#N)C1. The first-order valence-corrected chi connectivity index (χ1v) is 13.1. The molecule has 1 N–H and O–H groups in total.